The number of ether oxygens (including phenoxy) is 2. The number of anilines is 1. The molecule has 1 heterocycles. The second-order valence-corrected chi connectivity index (χ2v) is 6.23. The molecule has 1 aromatic rings. The first-order chi connectivity index (χ1) is 10.1. The van der Waals surface area contributed by atoms with Gasteiger partial charge in [0.1, 0.15) is 5.82 Å². The number of methoxy groups -OCH3 is 2. The van der Waals surface area contributed by atoms with Crippen molar-refractivity contribution >= 4 is 15.8 Å². The largest absolute Gasteiger partial charge is 0.383 e. The van der Waals surface area contributed by atoms with Crippen LogP contribution in [0.25, 0.3) is 0 Å². The van der Waals surface area contributed by atoms with Crippen molar-refractivity contribution in [1.29, 1.82) is 0 Å². The summed E-state index contributed by atoms with van der Waals surface area (Å²) in [7, 11) is -0.516. The number of aromatic nitrogens is 1. The van der Waals surface area contributed by atoms with Crippen molar-refractivity contribution in [2.24, 2.45) is 0 Å². The van der Waals surface area contributed by atoms with Crippen molar-refractivity contribution in [1.82, 2.24) is 9.29 Å². The Balaban J connectivity index is 3.00. The lowest BCUT2D eigenvalue weighted by molar-refractivity contribution is 0.150. The maximum atomic E-state index is 12.7. The van der Waals surface area contributed by atoms with E-state index in [1.807, 2.05) is 6.92 Å². The van der Waals surface area contributed by atoms with E-state index < -0.39 is 10.0 Å². The van der Waals surface area contributed by atoms with Crippen LogP contribution >= 0.6 is 0 Å². The maximum absolute atomic E-state index is 12.7. The molecule has 1 rings (SSSR count). The van der Waals surface area contributed by atoms with Crippen molar-refractivity contribution in [2.45, 2.75) is 11.8 Å². The summed E-state index contributed by atoms with van der Waals surface area (Å²) in [6, 6.07) is 3.02. The summed E-state index contributed by atoms with van der Waals surface area (Å²) < 4.78 is 36.6. The highest BCUT2D eigenvalue weighted by molar-refractivity contribution is 7.89. The minimum absolute atomic E-state index is 0.209. The Morgan fingerprint density at radius 3 is 2.38 bits per heavy atom. The molecule has 0 aliphatic rings. The zero-order chi connectivity index (χ0) is 15.7. The van der Waals surface area contributed by atoms with Gasteiger partial charge in [0.2, 0.25) is 10.0 Å². The first kappa shape index (κ1) is 17.8. The van der Waals surface area contributed by atoms with Crippen molar-refractivity contribution in [3.8, 4) is 0 Å². The summed E-state index contributed by atoms with van der Waals surface area (Å²) in [5, 5.41) is 3.00. The molecule has 21 heavy (non-hydrogen) atoms. The van der Waals surface area contributed by atoms with Crippen LogP contribution in [-0.4, -0.2) is 64.8 Å². The fourth-order valence-corrected chi connectivity index (χ4v) is 3.16. The predicted molar refractivity (Wildman–Crippen MR) is 80.9 cm³/mol. The third kappa shape index (κ3) is 5.24. The molecule has 0 aliphatic carbocycles. The highest BCUT2D eigenvalue weighted by Gasteiger charge is 2.24. The fraction of sp³-hybridized carbons (Fsp3) is 0.615. The molecule has 0 aliphatic heterocycles. The number of hydrogen-bond donors (Lipinski definition) is 1. The molecule has 0 aromatic carbocycles. The number of hydrogen-bond acceptors (Lipinski definition) is 6. The van der Waals surface area contributed by atoms with Crippen LogP contribution in [0.4, 0.5) is 5.82 Å². The summed E-state index contributed by atoms with van der Waals surface area (Å²) in [5.74, 6) is 0.539. The van der Waals surface area contributed by atoms with E-state index in [9.17, 15) is 8.42 Å². The van der Waals surface area contributed by atoms with E-state index in [0.29, 0.717) is 25.6 Å². The normalized spacial score (nSPS) is 11.8. The maximum Gasteiger partial charge on any atom is 0.243 e. The van der Waals surface area contributed by atoms with Crippen LogP contribution in [0.15, 0.2) is 23.2 Å². The molecule has 1 aromatic heterocycles. The van der Waals surface area contributed by atoms with Gasteiger partial charge in [0.15, 0.2) is 0 Å². The third-order valence-electron chi connectivity index (χ3n) is 2.82. The molecule has 0 fully saturated rings. The third-order valence-corrected chi connectivity index (χ3v) is 4.71. The summed E-state index contributed by atoms with van der Waals surface area (Å²) >= 11 is 0. The van der Waals surface area contributed by atoms with Gasteiger partial charge in [-0.2, -0.15) is 4.31 Å². The number of rotatable bonds is 10. The van der Waals surface area contributed by atoms with Gasteiger partial charge in [-0.3, -0.25) is 0 Å². The van der Waals surface area contributed by atoms with E-state index in [4.69, 9.17) is 9.47 Å². The highest BCUT2D eigenvalue weighted by Crippen LogP contribution is 2.17. The second-order valence-electron chi connectivity index (χ2n) is 4.30. The highest BCUT2D eigenvalue weighted by atomic mass is 32.2. The molecule has 120 valence electrons. The van der Waals surface area contributed by atoms with Gasteiger partial charge in [-0.25, -0.2) is 13.4 Å². The molecule has 0 atom stereocenters. The summed E-state index contributed by atoms with van der Waals surface area (Å²) in [4.78, 5) is 4.29. The molecule has 0 spiro atoms. The second kappa shape index (κ2) is 8.93. The minimum atomic E-state index is -3.59. The smallest absolute Gasteiger partial charge is 0.243 e. The molecular weight excluding hydrogens is 294 g/mol. The number of nitrogens with zero attached hydrogens (tertiary/aromatic N) is 2. The van der Waals surface area contributed by atoms with E-state index in [1.165, 1.54) is 36.9 Å². The first-order valence-electron chi connectivity index (χ1n) is 6.74. The molecule has 0 radical (unpaired) electrons. The van der Waals surface area contributed by atoms with Crippen LogP contribution < -0.4 is 5.32 Å². The van der Waals surface area contributed by atoms with Gasteiger partial charge < -0.3 is 14.8 Å². The van der Waals surface area contributed by atoms with Crippen molar-refractivity contribution in [2.75, 3.05) is 52.4 Å². The van der Waals surface area contributed by atoms with Crippen LogP contribution in [0.1, 0.15) is 6.92 Å². The van der Waals surface area contributed by atoms with E-state index >= 15 is 0 Å². The fourth-order valence-electron chi connectivity index (χ4n) is 1.74. The summed E-state index contributed by atoms with van der Waals surface area (Å²) in [6.45, 7) is 3.81. The lowest BCUT2D eigenvalue weighted by atomic mass is 10.4. The first-order valence-corrected chi connectivity index (χ1v) is 8.18. The van der Waals surface area contributed by atoms with E-state index in [1.54, 1.807) is 0 Å². The quantitative estimate of drug-likeness (QED) is 0.687. The molecule has 1 N–H and O–H groups in total. The zero-order valence-corrected chi connectivity index (χ0v) is 13.5. The Kier molecular flexibility index (Phi) is 7.58. The summed E-state index contributed by atoms with van der Waals surface area (Å²) in [5.41, 5.74) is 0. The van der Waals surface area contributed by atoms with Gasteiger partial charge in [0.05, 0.1) is 18.1 Å². The Labute approximate surface area is 126 Å². The molecule has 0 unspecified atom stereocenters. The van der Waals surface area contributed by atoms with Crippen LogP contribution in [0.3, 0.4) is 0 Å². The van der Waals surface area contributed by atoms with Gasteiger partial charge in [0, 0.05) is 46.1 Å². The van der Waals surface area contributed by atoms with Gasteiger partial charge in [-0.05, 0) is 13.0 Å². The minimum Gasteiger partial charge on any atom is -0.383 e. The Hall–Kier alpha value is -1.22. The molecular formula is C13H23N3O4S. The van der Waals surface area contributed by atoms with E-state index in [-0.39, 0.29) is 18.0 Å². The molecule has 0 amide bonds. The van der Waals surface area contributed by atoms with Crippen LogP contribution in [0, 0.1) is 0 Å². The SMILES string of the molecule is CCNc1cc(S(=O)(=O)N(CCOC)CCOC)ccn1. The lowest BCUT2D eigenvalue weighted by Crippen LogP contribution is -2.36. The van der Waals surface area contributed by atoms with Gasteiger partial charge in [-0.1, -0.05) is 0 Å². The van der Waals surface area contributed by atoms with Crippen molar-refractivity contribution < 1.29 is 17.9 Å². The van der Waals surface area contributed by atoms with Gasteiger partial charge in [-0.15, -0.1) is 0 Å². The molecule has 7 nitrogen and oxygen atoms in total. The average molecular weight is 317 g/mol. The van der Waals surface area contributed by atoms with E-state index in [2.05, 4.69) is 10.3 Å². The Morgan fingerprint density at radius 2 is 1.86 bits per heavy atom. The van der Waals surface area contributed by atoms with Crippen molar-refractivity contribution in [3.63, 3.8) is 0 Å². The van der Waals surface area contributed by atoms with Crippen LogP contribution in [0.5, 0.6) is 0 Å². The molecule has 0 bridgehead atoms. The van der Waals surface area contributed by atoms with Crippen molar-refractivity contribution in [3.05, 3.63) is 18.3 Å². The molecule has 8 heteroatoms. The standard InChI is InChI=1S/C13H23N3O4S/c1-4-14-13-11-12(5-6-15-13)21(17,18)16(7-9-19-2)8-10-20-3/h5-6,11H,4,7-10H2,1-3H3,(H,14,15). The lowest BCUT2D eigenvalue weighted by Gasteiger charge is -2.21. The topological polar surface area (TPSA) is 80.8 Å². The van der Waals surface area contributed by atoms with Crippen LogP contribution in [0.2, 0.25) is 0 Å². The monoisotopic (exact) mass is 317 g/mol. The zero-order valence-electron chi connectivity index (χ0n) is 12.7. The Bertz CT molecular complexity index is 514. The number of nitrogens with one attached hydrogen (secondary N) is 1. The molecule has 0 saturated heterocycles. The van der Waals surface area contributed by atoms with E-state index in [0.717, 1.165) is 0 Å². The summed E-state index contributed by atoms with van der Waals surface area (Å²) in [6.07, 6.45) is 1.48. The average Bonchev–Trinajstić information content (AvgIpc) is 2.48. The Morgan fingerprint density at radius 1 is 1.24 bits per heavy atom. The number of sulfonamides is 1. The molecule has 0 saturated carbocycles. The van der Waals surface area contributed by atoms with Crippen LogP contribution in [-0.2, 0) is 19.5 Å². The predicted octanol–water partition coefficient (Wildman–Crippen LogP) is 0.797. The number of pyridine rings is 1. The van der Waals surface area contributed by atoms with Gasteiger partial charge >= 0.3 is 0 Å². The van der Waals surface area contributed by atoms with Gasteiger partial charge in [0.25, 0.3) is 0 Å².